The molecule has 0 aliphatic carbocycles. The summed E-state index contributed by atoms with van der Waals surface area (Å²) in [6.45, 7) is 1.54. The number of hydrogen-bond donors (Lipinski definition) is 2. The SMILES string of the molecule is Cc1ccc(NC(=O)c2ccc(=O)n(CC(=O)Nc3cc(Cl)ccc3Cl)n2)cc1. The molecule has 0 saturated heterocycles. The van der Waals surface area contributed by atoms with Crippen molar-refractivity contribution in [3.63, 3.8) is 0 Å². The predicted octanol–water partition coefficient (Wildman–Crippen LogP) is 3.75. The Kier molecular flexibility index (Phi) is 6.31. The van der Waals surface area contributed by atoms with Crippen LogP contribution in [-0.4, -0.2) is 21.6 Å². The number of benzene rings is 2. The van der Waals surface area contributed by atoms with Crippen molar-refractivity contribution in [2.24, 2.45) is 0 Å². The average molecular weight is 431 g/mol. The van der Waals surface area contributed by atoms with Crippen LogP contribution in [0.5, 0.6) is 0 Å². The molecule has 3 aromatic rings. The highest BCUT2D eigenvalue weighted by molar-refractivity contribution is 6.35. The van der Waals surface area contributed by atoms with Crippen molar-refractivity contribution in [2.45, 2.75) is 13.5 Å². The molecule has 148 valence electrons. The Morgan fingerprint density at radius 2 is 1.72 bits per heavy atom. The zero-order chi connectivity index (χ0) is 21.0. The molecule has 2 amide bonds. The Morgan fingerprint density at radius 1 is 1.00 bits per heavy atom. The van der Waals surface area contributed by atoms with E-state index in [0.717, 1.165) is 10.2 Å². The molecule has 1 heterocycles. The normalized spacial score (nSPS) is 10.4. The Hall–Kier alpha value is -3.16. The summed E-state index contributed by atoms with van der Waals surface area (Å²) in [6.07, 6.45) is 0. The zero-order valence-electron chi connectivity index (χ0n) is 15.3. The minimum atomic E-state index is -0.542. The minimum absolute atomic E-state index is 0.00115. The molecule has 0 bridgehead atoms. The number of carbonyl (C=O) groups excluding carboxylic acids is 2. The van der Waals surface area contributed by atoms with Crippen molar-refractivity contribution in [2.75, 3.05) is 10.6 Å². The summed E-state index contributed by atoms with van der Waals surface area (Å²) in [5.41, 5.74) is 1.43. The van der Waals surface area contributed by atoms with E-state index in [0.29, 0.717) is 21.4 Å². The number of amides is 2. The van der Waals surface area contributed by atoms with E-state index < -0.39 is 23.9 Å². The van der Waals surface area contributed by atoms with E-state index in [1.54, 1.807) is 24.3 Å². The first kappa shape index (κ1) is 20.6. The van der Waals surface area contributed by atoms with Crippen LogP contribution in [0.1, 0.15) is 16.1 Å². The van der Waals surface area contributed by atoms with Gasteiger partial charge in [0, 0.05) is 16.8 Å². The van der Waals surface area contributed by atoms with Gasteiger partial charge in [-0.1, -0.05) is 40.9 Å². The lowest BCUT2D eigenvalue weighted by atomic mass is 10.2. The number of hydrogen-bond acceptors (Lipinski definition) is 4. The van der Waals surface area contributed by atoms with Crippen molar-refractivity contribution in [1.82, 2.24) is 9.78 Å². The third kappa shape index (κ3) is 5.43. The number of rotatable bonds is 5. The van der Waals surface area contributed by atoms with Crippen LogP contribution in [0, 0.1) is 6.92 Å². The fraction of sp³-hybridized carbons (Fsp3) is 0.100. The van der Waals surface area contributed by atoms with Crippen molar-refractivity contribution < 1.29 is 9.59 Å². The molecule has 0 aliphatic rings. The van der Waals surface area contributed by atoms with E-state index >= 15 is 0 Å². The third-order valence-corrected chi connectivity index (χ3v) is 4.47. The topological polar surface area (TPSA) is 93.1 Å². The van der Waals surface area contributed by atoms with Gasteiger partial charge in [0.05, 0.1) is 10.7 Å². The minimum Gasteiger partial charge on any atom is -0.323 e. The van der Waals surface area contributed by atoms with Crippen LogP contribution in [0.25, 0.3) is 0 Å². The molecule has 2 N–H and O–H groups in total. The van der Waals surface area contributed by atoms with Crippen LogP contribution in [-0.2, 0) is 11.3 Å². The van der Waals surface area contributed by atoms with Gasteiger partial charge in [-0.05, 0) is 43.3 Å². The maximum Gasteiger partial charge on any atom is 0.276 e. The Balaban J connectivity index is 1.73. The molecule has 0 atom stereocenters. The van der Waals surface area contributed by atoms with Crippen LogP contribution in [0.3, 0.4) is 0 Å². The molecule has 7 nitrogen and oxygen atoms in total. The second-order valence-corrected chi connectivity index (χ2v) is 7.05. The Bertz CT molecular complexity index is 1130. The molecule has 3 rings (SSSR count). The van der Waals surface area contributed by atoms with Gasteiger partial charge in [0.1, 0.15) is 12.2 Å². The third-order valence-electron chi connectivity index (χ3n) is 3.90. The maximum absolute atomic E-state index is 12.4. The molecule has 0 saturated carbocycles. The van der Waals surface area contributed by atoms with E-state index in [1.165, 1.54) is 18.2 Å². The standard InChI is InChI=1S/C20H16Cl2N4O3/c1-12-2-5-14(6-3-12)23-20(29)16-8-9-19(28)26(25-16)11-18(27)24-17-10-13(21)4-7-15(17)22/h2-10H,11H2,1H3,(H,23,29)(H,24,27). The van der Waals surface area contributed by atoms with Crippen molar-refractivity contribution in [3.8, 4) is 0 Å². The molecule has 0 aliphatic heterocycles. The Labute approximate surface area is 176 Å². The monoisotopic (exact) mass is 430 g/mol. The van der Waals surface area contributed by atoms with Gasteiger partial charge in [-0.15, -0.1) is 0 Å². The van der Waals surface area contributed by atoms with E-state index in [9.17, 15) is 14.4 Å². The predicted molar refractivity (Wildman–Crippen MR) is 113 cm³/mol. The van der Waals surface area contributed by atoms with Crippen molar-refractivity contribution in [1.29, 1.82) is 0 Å². The van der Waals surface area contributed by atoms with Crippen LogP contribution in [0.4, 0.5) is 11.4 Å². The van der Waals surface area contributed by atoms with Crippen LogP contribution >= 0.6 is 23.2 Å². The number of anilines is 2. The zero-order valence-corrected chi connectivity index (χ0v) is 16.8. The van der Waals surface area contributed by atoms with Gasteiger partial charge in [0.2, 0.25) is 5.91 Å². The number of nitrogens with one attached hydrogen (secondary N) is 2. The fourth-order valence-corrected chi connectivity index (χ4v) is 2.77. The highest BCUT2D eigenvalue weighted by Gasteiger charge is 2.13. The van der Waals surface area contributed by atoms with Crippen LogP contribution in [0.15, 0.2) is 59.4 Å². The number of nitrogens with zero attached hydrogens (tertiary/aromatic N) is 2. The largest absolute Gasteiger partial charge is 0.323 e. The number of aromatic nitrogens is 2. The molecule has 2 aromatic carbocycles. The van der Waals surface area contributed by atoms with Gasteiger partial charge in [-0.2, -0.15) is 5.10 Å². The van der Waals surface area contributed by atoms with E-state index in [1.807, 2.05) is 19.1 Å². The summed E-state index contributed by atoms with van der Waals surface area (Å²) >= 11 is 11.9. The van der Waals surface area contributed by atoms with Gasteiger partial charge in [0.25, 0.3) is 11.5 Å². The number of aryl methyl sites for hydroxylation is 1. The van der Waals surface area contributed by atoms with Gasteiger partial charge >= 0.3 is 0 Å². The van der Waals surface area contributed by atoms with Gasteiger partial charge in [-0.3, -0.25) is 14.4 Å². The lowest BCUT2D eigenvalue weighted by Gasteiger charge is -2.10. The molecular formula is C20H16Cl2N4O3. The van der Waals surface area contributed by atoms with Crippen LogP contribution in [0.2, 0.25) is 10.0 Å². The fourth-order valence-electron chi connectivity index (χ4n) is 2.43. The summed E-state index contributed by atoms with van der Waals surface area (Å²) in [5, 5.41) is 9.93. The highest BCUT2D eigenvalue weighted by atomic mass is 35.5. The summed E-state index contributed by atoms with van der Waals surface area (Å²) in [5.74, 6) is -1.04. The van der Waals surface area contributed by atoms with Gasteiger partial charge in [-0.25, -0.2) is 4.68 Å². The van der Waals surface area contributed by atoms with Gasteiger partial charge < -0.3 is 10.6 Å². The molecule has 9 heteroatoms. The average Bonchev–Trinajstić information content (AvgIpc) is 2.68. The summed E-state index contributed by atoms with van der Waals surface area (Å²) in [4.78, 5) is 36.7. The number of halogens is 2. The highest BCUT2D eigenvalue weighted by Crippen LogP contribution is 2.25. The first-order valence-corrected chi connectivity index (χ1v) is 9.28. The molecule has 0 radical (unpaired) electrons. The van der Waals surface area contributed by atoms with Gasteiger partial charge in [0.15, 0.2) is 0 Å². The molecule has 0 fully saturated rings. The molecule has 0 spiro atoms. The van der Waals surface area contributed by atoms with E-state index in [-0.39, 0.29) is 5.69 Å². The molecular weight excluding hydrogens is 415 g/mol. The Morgan fingerprint density at radius 3 is 2.45 bits per heavy atom. The second kappa shape index (κ2) is 8.89. The maximum atomic E-state index is 12.4. The molecule has 0 unspecified atom stereocenters. The lowest BCUT2D eigenvalue weighted by molar-refractivity contribution is -0.117. The van der Waals surface area contributed by atoms with E-state index in [4.69, 9.17) is 23.2 Å². The quantitative estimate of drug-likeness (QED) is 0.644. The second-order valence-electron chi connectivity index (χ2n) is 6.21. The van der Waals surface area contributed by atoms with E-state index in [2.05, 4.69) is 15.7 Å². The first-order valence-electron chi connectivity index (χ1n) is 8.53. The summed E-state index contributed by atoms with van der Waals surface area (Å²) in [7, 11) is 0. The van der Waals surface area contributed by atoms with Crippen molar-refractivity contribution >= 4 is 46.4 Å². The molecule has 29 heavy (non-hydrogen) atoms. The lowest BCUT2D eigenvalue weighted by Crippen LogP contribution is -2.31. The first-order chi connectivity index (χ1) is 13.8. The number of carbonyl (C=O) groups is 2. The summed E-state index contributed by atoms with van der Waals surface area (Å²) in [6, 6.07) is 14.3. The van der Waals surface area contributed by atoms with Crippen molar-refractivity contribution in [3.05, 3.63) is 86.3 Å². The van der Waals surface area contributed by atoms with Crippen LogP contribution < -0.4 is 16.2 Å². The smallest absolute Gasteiger partial charge is 0.276 e. The molecule has 1 aromatic heterocycles. The summed E-state index contributed by atoms with van der Waals surface area (Å²) < 4.78 is 0.901.